The van der Waals surface area contributed by atoms with Crippen molar-refractivity contribution in [3.8, 4) is 0 Å². The number of aryl methyl sites for hydroxylation is 1. The van der Waals surface area contributed by atoms with E-state index in [0.717, 1.165) is 25.3 Å². The molecular formula is C11H20N3O+. The third-order valence-electron chi connectivity index (χ3n) is 2.38. The Balaban J connectivity index is 2.41. The SMILES string of the molecule is CC(C)CCCC[n+]1ccc(N)[nH]c1=O. The molecule has 0 unspecified atom stereocenters. The minimum atomic E-state index is -0.125. The number of aromatic amines is 1. The van der Waals surface area contributed by atoms with E-state index in [1.165, 1.54) is 6.42 Å². The molecule has 0 aliphatic rings. The topological polar surface area (TPSA) is 62.8 Å². The van der Waals surface area contributed by atoms with Crippen molar-refractivity contribution in [2.75, 3.05) is 5.73 Å². The van der Waals surface area contributed by atoms with Crippen molar-refractivity contribution in [2.24, 2.45) is 5.92 Å². The van der Waals surface area contributed by atoms with E-state index in [-0.39, 0.29) is 5.69 Å². The number of nitrogen functional groups attached to an aromatic ring is 1. The maximum absolute atomic E-state index is 11.4. The number of anilines is 1. The van der Waals surface area contributed by atoms with Gasteiger partial charge in [0.15, 0.2) is 5.82 Å². The molecule has 0 amide bonds. The van der Waals surface area contributed by atoms with Gasteiger partial charge < -0.3 is 5.73 Å². The van der Waals surface area contributed by atoms with Gasteiger partial charge in [0, 0.05) is 6.07 Å². The Morgan fingerprint density at radius 2 is 2.20 bits per heavy atom. The summed E-state index contributed by atoms with van der Waals surface area (Å²) in [6, 6.07) is 1.71. The van der Waals surface area contributed by atoms with Crippen molar-refractivity contribution >= 4 is 5.82 Å². The molecular weight excluding hydrogens is 190 g/mol. The largest absolute Gasteiger partial charge is 0.497 e. The number of hydrogen-bond donors (Lipinski definition) is 2. The van der Waals surface area contributed by atoms with Gasteiger partial charge in [-0.1, -0.05) is 20.3 Å². The molecule has 1 rings (SSSR count). The Hall–Kier alpha value is -1.32. The molecule has 0 aliphatic carbocycles. The van der Waals surface area contributed by atoms with Crippen LogP contribution in [0.4, 0.5) is 5.82 Å². The molecule has 1 aromatic rings. The fourth-order valence-electron chi connectivity index (χ4n) is 1.49. The number of nitrogens with one attached hydrogen (secondary N) is 1. The van der Waals surface area contributed by atoms with Crippen LogP contribution < -0.4 is 16.0 Å². The smallest absolute Gasteiger partial charge is 0.366 e. The van der Waals surface area contributed by atoms with Gasteiger partial charge >= 0.3 is 5.69 Å². The van der Waals surface area contributed by atoms with Gasteiger partial charge in [0.05, 0.1) is 12.7 Å². The molecule has 0 saturated heterocycles. The standard InChI is InChI=1S/C11H19N3O/c1-9(2)5-3-4-7-14-8-6-10(12)13-11(14)15/h6,8-9H,3-5,7H2,1-2H3,(H2,12,13,15)/p+1. The maximum Gasteiger partial charge on any atom is 0.497 e. The second kappa shape index (κ2) is 5.53. The average Bonchev–Trinajstić information content (AvgIpc) is 2.14. The molecule has 0 fully saturated rings. The quantitative estimate of drug-likeness (QED) is 0.564. The lowest BCUT2D eigenvalue weighted by Gasteiger charge is -2.02. The lowest BCUT2D eigenvalue weighted by Crippen LogP contribution is -2.50. The highest BCUT2D eigenvalue weighted by atomic mass is 16.1. The van der Waals surface area contributed by atoms with Crippen LogP contribution >= 0.6 is 0 Å². The highest BCUT2D eigenvalue weighted by Crippen LogP contribution is 2.05. The number of unbranched alkanes of at least 4 members (excludes halogenated alkanes) is 1. The van der Waals surface area contributed by atoms with Gasteiger partial charge in [-0.3, -0.25) is 0 Å². The fraction of sp³-hybridized carbons (Fsp3) is 0.636. The fourth-order valence-corrected chi connectivity index (χ4v) is 1.49. The highest BCUT2D eigenvalue weighted by Gasteiger charge is 2.04. The summed E-state index contributed by atoms with van der Waals surface area (Å²) in [5.74, 6) is 1.15. The predicted octanol–water partition coefficient (Wildman–Crippen LogP) is 1.07. The van der Waals surface area contributed by atoms with Crippen LogP contribution in [0.5, 0.6) is 0 Å². The monoisotopic (exact) mass is 210 g/mol. The molecule has 1 aromatic heterocycles. The van der Waals surface area contributed by atoms with Crippen molar-refractivity contribution < 1.29 is 4.57 Å². The van der Waals surface area contributed by atoms with E-state index in [0.29, 0.717) is 5.82 Å². The number of aromatic nitrogens is 2. The Bertz CT molecular complexity index is 357. The van der Waals surface area contributed by atoms with E-state index < -0.39 is 0 Å². The van der Waals surface area contributed by atoms with Gasteiger partial charge in [-0.2, -0.15) is 14.3 Å². The van der Waals surface area contributed by atoms with E-state index in [4.69, 9.17) is 5.73 Å². The van der Waals surface area contributed by atoms with E-state index in [1.54, 1.807) is 16.8 Å². The summed E-state index contributed by atoms with van der Waals surface area (Å²) in [4.78, 5) is 14.0. The molecule has 1 heterocycles. The number of nitrogens with two attached hydrogens (primary N) is 1. The molecule has 0 spiro atoms. The summed E-state index contributed by atoms with van der Waals surface area (Å²) in [5, 5.41) is 0. The average molecular weight is 210 g/mol. The van der Waals surface area contributed by atoms with Crippen LogP contribution in [0.1, 0.15) is 33.1 Å². The number of H-pyrrole nitrogens is 1. The van der Waals surface area contributed by atoms with Gasteiger partial charge in [0.25, 0.3) is 0 Å². The van der Waals surface area contributed by atoms with Gasteiger partial charge in [-0.25, -0.2) is 0 Å². The number of rotatable bonds is 5. The first-order chi connectivity index (χ1) is 7.09. The summed E-state index contributed by atoms with van der Waals surface area (Å²) in [6.07, 6.45) is 5.15. The normalized spacial score (nSPS) is 10.9. The van der Waals surface area contributed by atoms with Crippen molar-refractivity contribution in [1.82, 2.24) is 4.98 Å². The highest BCUT2D eigenvalue weighted by molar-refractivity contribution is 5.21. The Kier molecular flexibility index (Phi) is 4.34. The van der Waals surface area contributed by atoms with Crippen LogP contribution in [0.3, 0.4) is 0 Å². The van der Waals surface area contributed by atoms with Crippen LogP contribution in [0.15, 0.2) is 17.1 Å². The summed E-state index contributed by atoms with van der Waals surface area (Å²) >= 11 is 0. The third-order valence-corrected chi connectivity index (χ3v) is 2.38. The van der Waals surface area contributed by atoms with E-state index in [2.05, 4.69) is 18.8 Å². The molecule has 15 heavy (non-hydrogen) atoms. The zero-order valence-corrected chi connectivity index (χ0v) is 9.49. The van der Waals surface area contributed by atoms with Crippen molar-refractivity contribution in [2.45, 2.75) is 39.7 Å². The second-order valence-electron chi connectivity index (χ2n) is 4.28. The van der Waals surface area contributed by atoms with E-state index in [1.807, 2.05) is 0 Å². The summed E-state index contributed by atoms with van der Waals surface area (Å²) in [7, 11) is 0. The van der Waals surface area contributed by atoms with Crippen molar-refractivity contribution in [3.63, 3.8) is 0 Å². The van der Waals surface area contributed by atoms with Gasteiger partial charge in [-0.05, 0) is 18.8 Å². The molecule has 3 N–H and O–H groups in total. The van der Waals surface area contributed by atoms with Crippen LogP contribution in [-0.4, -0.2) is 4.98 Å². The lowest BCUT2D eigenvalue weighted by molar-refractivity contribution is -0.714. The van der Waals surface area contributed by atoms with E-state index in [9.17, 15) is 4.79 Å². The van der Waals surface area contributed by atoms with Gasteiger partial charge in [0.1, 0.15) is 0 Å². The molecule has 0 atom stereocenters. The summed E-state index contributed by atoms with van der Waals surface area (Å²) in [6.45, 7) is 5.19. The second-order valence-corrected chi connectivity index (χ2v) is 4.28. The maximum atomic E-state index is 11.4. The minimum Gasteiger partial charge on any atom is -0.366 e. The van der Waals surface area contributed by atoms with Crippen molar-refractivity contribution in [1.29, 1.82) is 0 Å². The molecule has 0 aromatic carbocycles. The zero-order valence-electron chi connectivity index (χ0n) is 9.49. The Morgan fingerprint density at radius 1 is 1.47 bits per heavy atom. The number of hydrogen-bond acceptors (Lipinski definition) is 2. The molecule has 84 valence electrons. The Morgan fingerprint density at radius 3 is 2.80 bits per heavy atom. The van der Waals surface area contributed by atoms with Crippen LogP contribution in [0.2, 0.25) is 0 Å². The first kappa shape index (κ1) is 11.8. The van der Waals surface area contributed by atoms with Gasteiger partial charge in [0.2, 0.25) is 0 Å². The van der Waals surface area contributed by atoms with E-state index >= 15 is 0 Å². The summed E-state index contributed by atoms with van der Waals surface area (Å²) in [5.41, 5.74) is 5.33. The molecule has 0 aliphatic heterocycles. The van der Waals surface area contributed by atoms with Crippen LogP contribution in [0.25, 0.3) is 0 Å². The first-order valence-electron chi connectivity index (χ1n) is 5.48. The minimum absolute atomic E-state index is 0.125. The molecule has 4 nitrogen and oxygen atoms in total. The molecule has 0 bridgehead atoms. The predicted molar refractivity (Wildman–Crippen MR) is 60.4 cm³/mol. The summed E-state index contributed by atoms with van der Waals surface area (Å²) < 4.78 is 1.66. The molecule has 4 heteroatoms. The van der Waals surface area contributed by atoms with Crippen molar-refractivity contribution in [3.05, 3.63) is 22.7 Å². The number of nitrogens with zero attached hydrogens (tertiary/aromatic N) is 1. The van der Waals surface area contributed by atoms with Gasteiger partial charge in [-0.15, -0.1) is 0 Å². The van der Waals surface area contributed by atoms with Crippen LogP contribution in [0, 0.1) is 5.92 Å². The molecule has 0 saturated carbocycles. The lowest BCUT2D eigenvalue weighted by atomic mass is 10.1. The molecule has 0 radical (unpaired) electrons. The third kappa shape index (κ3) is 4.14. The first-order valence-corrected chi connectivity index (χ1v) is 5.48. The Labute approximate surface area is 90.1 Å². The van der Waals surface area contributed by atoms with Crippen LogP contribution in [-0.2, 0) is 6.54 Å². The zero-order chi connectivity index (χ0) is 11.3.